The highest BCUT2D eigenvalue weighted by molar-refractivity contribution is 6.31. The molecule has 0 radical (unpaired) electrons. The minimum absolute atomic E-state index is 0.158. The summed E-state index contributed by atoms with van der Waals surface area (Å²) < 4.78 is 0. The number of hydrogen-bond acceptors (Lipinski definition) is 2. The van der Waals surface area contributed by atoms with Crippen molar-refractivity contribution in [1.29, 1.82) is 0 Å². The largest absolute Gasteiger partial charge is 0.303 e. The fourth-order valence-electron chi connectivity index (χ4n) is 2.17. The molecule has 0 aromatic heterocycles. The first kappa shape index (κ1) is 16.2. The van der Waals surface area contributed by atoms with E-state index in [0.29, 0.717) is 29.0 Å². The van der Waals surface area contributed by atoms with Gasteiger partial charge in [0.15, 0.2) is 5.78 Å². The summed E-state index contributed by atoms with van der Waals surface area (Å²) in [4.78, 5) is 14.3. The zero-order chi connectivity index (χ0) is 14.4. The van der Waals surface area contributed by atoms with Crippen molar-refractivity contribution in [3.05, 3.63) is 34.9 Å². The van der Waals surface area contributed by atoms with E-state index in [2.05, 4.69) is 32.7 Å². The van der Waals surface area contributed by atoms with Crippen LogP contribution in [0.15, 0.2) is 24.3 Å². The van der Waals surface area contributed by atoms with E-state index in [0.717, 1.165) is 13.0 Å². The molecule has 0 saturated heterocycles. The number of nitrogens with zero attached hydrogens (tertiary/aromatic N) is 1. The molecule has 0 fully saturated rings. The van der Waals surface area contributed by atoms with E-state index in [-0.39, 0.29) is 5.78 Å². The lowest BCUT2D eigenvalue weighted by Crippen LogP contribution is -2.32. The predicted molar refractivity (Wildman–Crippen MR) is 81.9 cm³/mol. The van der Waals surface area contributed by atoms with Gasteiger partial charge in [0.25, 0.3) is 0 Å². The SMILES string of the molecule is CC(C)CC(C)N(C)CCC(=O)c1cccc(Cl)c1. The Balaban J connectivity index is 2.46. The van der Waals surface area contributed by atoms with Gasteiger partial charge in [0, 0.05) is 29.6 Å². The maximum absolute atomic E-state index is 12.1. The number of ketones is 1. The molecule has 0 aliphatic rings. The molecule has 0 bridgehead atoms. The van der Waals surface area contributed by atoms with Crippen LogP contribution in [0.1, 0.15) is 44.0 Å². The molecule has 0 aliphatic carbocycles. The van der Waals surface area contributed by atoms with Gasteiger partial charge in [-0.1, -0.05) is 37.6 Å². The third-order valence-corrected chi connectivity index (χ3v) is 3.64. The smallest absolute Gasteiger partial charge is 0.164 e. The highest BCUT2D eigenvalue weighted by Gasteiger charge is 2.13. The third-order valence-electron chi connectivity index (χ3n) is 3.40. The Morgan fingerprint density at radius 2 is 2.00 bits per heavy atom. The molecule has 3 heteroatoms. The lowest BCUT2D eigenvalue weighted by molar-refractivity contribution is 0.0959. The number of benzene rings is 1. The summed E-state index contributed by atoms with van der Waals surface area (Å²) in [5.41, 5.74) is 0.706. The Kier molecular flexibility index (Phi) is 6.53. The lowest BCUT2D eigenvalue weighted by Gasteiger charge is -2.25. The van der Waals surface area contributed by atoms with Crippen molar-refractivity contribution in [2.75, 3.05) is 13.6 Å². The first-order valence-corrected chi connectivity index (χ1v) is 7.27. The highest BCUT2D eigenvalue weighted by Crippen LogP contribution is 2.14. The molecule has 0 saturated carbocycles. The summed E-state index contributed by atoms with van der Waals surface area (Å²) in [6.45, 7) is 7.45. The predicted octanol–water partition coefficient (Wildman–Crippen LogP) is 4.28. The fraction of sp³-hybridized carbons (Fsp3) is 0.562. The van der Waals surface area contributed by atoms with Gasteiger partial charge in [-0.15, -0.1) is 0 Å². The maximum Gasteiger partial charge on any atom is 0.164 e. The van der Waals surface area contributed by atoms with Gasteiger partial charge < -0.3 is 4.90 Å². The van der Waals surface area contributed by atoms with E-state index in [1.54, 1.807) is 12.1 Å². The fourth-order valence-corrected chi connectivity index (χ4v) is 2.36. The minimum atomic E-state index is 0.158. The van der Waals surface area contributed by atoms with Gasteiger partial charge in [-0.25, -0.2) is 0 Å². The van der Waals surface area contributed by atoms with Crippen molar-refractivity contribution in [2.45, 2.75) is 39.7 Å². The van der Waals surface area contributed by atoms with E-state index >= 15 is 0 Å². The number of rotatable bonds is 7. The van der Waals surface area contributed by atoms with Crippen LogP contribution in [0.4, 0.5) is 0 Å². The molecule has 0 aliphatic heterocycles. The molecule has 1 rings (SSSR count). The van der Waals surface area contributed by atoms with Gasteiger partial charge in [0.05, 0.1) is 0 Å². The molecule has 1 unspecified atom stereocenters. The first-order chi connectivity index (χ1) is 8.90. The van der Waals surface area contributed by atoms with Crippen molar-refractivity contribution < 1.29 is 4.79 Å². The quantitative estimate of drug-likeness (QED) is 0.695. The van der Waals surface area contributed by atoms with Crippen LogP contribution >= 0.6 is 11.6 Å². The molecule has 2 nitrogen and oxygen atoms in total. The molecule has 19 heavy (non-hydrogen) atoms. The second-order valence-corrected chi connectivity index (χ2v) is 6.08. The van der Waals surface area contributed by atoms with Gasteiger partial charge in [-0.3, -0.25) is 4.79 Å². The van der Waals surface area contributed by atoms with Crippen molar-refractivity contribution in [3.63, 3.8) is 0 Å². The molecule has 1 aromatic rings. The summed E-state index contributed by atoms with van der Waals surface area (Å²) in [6.07, 6.45) is 1.70. The number of Topliss-reactive ketones (excluding diaryl/α,β-unsaturated/α-hetero) is 1. The lowest BCUT2D eigenvalue weighted by atomic mass is 10.0. The molecule has 0 amide bonds. The number of carbonyl (C=O) groups is 1. The van der Waals surface area contributed by atoms with Crippen LogP contribution in [0.2, 0.25) is 5.02 Å². The van der Waals surface area contributed by atoms with Crippen molar-refractivity contribution in [2.24, 2.45) is 5.92 Å². The van der Waals surface area contributed by atoms with Crippen molar-refractivity contribution in [3.8, 4) is 0 Å². The molecule has 0 heterocycles. The van der Waals surface area contributed by atoms with Gasteiger partial charge in [-0.05, 0) is 38.4 Å². The standard InChI is InChI=1S/C16H24ClNO/c1-12(2)10-13(3)18(4)9-8-16(19)14-6-5-7-15(17)11-14/h5-7,11-13H,8-10H2,1-4H3. The Morgan fingerprint density at radius 1 is 1.32 bits per heavy atom. The molecular weight excluding hydrogens is 258 g/mol. The zero-order valence-corrected chi connectivity index (χ0v) is 13.1. The normalized spacial score (nSPS) is 13.0. The average Bonchev–Trinajstić information content (AvgIpc) is 2.34. The monoisotopic (exact) mass is 281 g/mol. The molecule has 106 valence electrons. The Morgan fingerprint density at radius 3 is 2.58 bits per heavy atom. The van der Waals surface area contributed by atoms with Crippen LogP contribution in [-0.4, -0.2) is 30.3 Å². The van der Waals surface area contributed by atoms with E-state index in [1.807, 2.05) is 12.1 Å². The van der Waals surface area contributed by atoms with E-state index < -0.39 is 0 Å². The van der Waals surface area contributed by atoms with Crippen LogP contribution in [0.25, 0.3) is 0 Å². The van der Waals surface area contributed by atoms with E-state index in [9.17, 15) is 4.79 Å². The topological polar surface area (TPSA) is 20.3 Å². The van der Waals surface area contributed by atoms with Crippen LogP contribution in [0.5, 0.6) is 0 Å². The van der Waals surface area contributed by atoms with Crippen LogP contribution in [0, 0.1) is 5.92 Å². The summed E-state index contributed by atoms with van der Waals surface area (Å²) in [7, 11) is 2.08. The summed E-state index contributed by atoms with van der Waals surface area (Å²) in [6, 6.07) is 7.68. The second-order valence-electron chi connectivity index (χ2n) is 5.64. The van der Waals surface area contributed by atoms with Gasteiger partial charge in [0.2, 0.25) is 0 Å². The third kappa shape index (κ3) is 5.75. The summed E-state index contributed by atoms with van der Waals surface area (Å²) >= 11 is 5.90. The molecule has 1 aromatic carbocycles. The van der Waals surface area contributed by atoms with Crippen LogP contribution < -0.4 is 0 Å². The summed E-state index contributed by atoms with van der Waals surface area (Å²) in [5, 5.41) is 0.618. The Bertz CT molecular complexity index is 417. The zero-order valence-electron chi connectivity index (χ0n) is 12.3. The molecule has 0 spiro atoms. The molecule has 0 N–H and O–H groups in total. The van der Waals surface area contributed by atoms with E-state index in [1.165, 1.54) is 0 Å². The number of carbonyl (C=O) groups excluding carboxylic acids is 1. The average molecular weight is 282 g/mol. The minimum Gasteiger partial charge on any atom is -0.303 e. The van der Waals surface area contributed by atoms with E-state index in [4.69, 9.17) is 11.6 Å². The molecule has 1 atom stereocenters. The Hall–Kier alpha value is -0.860. The second kappa shape index (κ2) is 7.66. The van der Waals surface area contributed by atoms with Crippen molar-refractivity contribution in [1.82, 2.24) is 4.90 Å². The van der Waals surface area contributed by atoms with Gasteiger partial charge >= 0.3 is 0 Å². The highest BCUT2D eigenvalue weighted by atomic mass is 35.5. The first-order valence-electron chi connectivity index (χ1n) is 6.89. The maximum atomic E-state index is 12.1. The molecular formula is C16H24ClNO. The van der Waals surface area contributed by atoms with Crippen LogP contribution in [-0.2, 0) is 0 Å². The summed E-state index contributed by atoms with van der Waals surface area (Å²) in [5.74, 6) is 0.840. The Labute approximate surface area is 121 Å². The number of hydrogen-bond donors (Lipinski definition) is 0. The van der Waals surface area contributed by atoms with Gasteiger partial charge in [-0.2, -0.15) is 0 Å². The van der Waals surface area contributed by atoms with Gasteiger partial charge in [0.1, 0.15) is 0 Å². The number of halogens is 1. The van der Waals surface area contributed by atoms with Crippen LogP contribution in [0.3, 0.4) is 0 Å². The van der Waals surface area contributed by atoms with Crippen molar-refractivity contribution >= 4 is 17.4 Å².